The molecule has 0 unspecified atom stereocenters. The molecule has 3 rings (SSSR count). The Morgan fingerprint density at radius 2 is 1.70 bits per heavy atom. The molecule has 0 saturated carbocycles. The maximum Gasteiger partial charge on any atom is 0.437 e. The number of benzene rings is 1. The summed E-state index contributed by atoms with van der Waals surface area (Å²) >= 11 is 0. The number of unbranched alkanes of at least 4 members (excludes halogenated alkanes) is 8. The molecule has 43 heavy (non-hydrogen) atoms. The summed E-state index contributed by atoms with van der Waals surface area (Å²) in [6, 6.07) is 4.12. The highest BCUT2D eigenvalue weighted by Crippen LogP contribution is 2.36. The van der Waals surface area contributed by atoms with Gasteiger partial charge in [-0.1, -0.05) is 75.6 Å². The lowest BCUT2D eigenvalue weighted by molar-refractivity contribution is -0.138. The number of halogens is 3. The summed E-state index contributed by atoms with van der Waals surface area (Å²) in [7, 11) is 0. The van der Waals surface area contributed by atoms with E-state index in [0.717, 1.165) is 25.3 Å². The molecule has 2 N–H and O–H groups in total. The van der Waals surface area contributed by atoms with Crippen LogP contribution in [-0.4, -0.2) is 57.0 Å². The summed E-state index contributed by atoms with van der Waals surface area (Å²) in [4.78, 5) is 32.8. The van der Waals surface area contributed by atoms with Crippen LogP contribution >= 0.6 is 0 Å². The average molecular weight is 610 g/mol. The molecule has 1 aliphatic rings. The minimum Gasteiger partial charge on any atom is -0.465 e. The maximum absolute atomic E-state index is 13.9. The highest BCUT2D eigenvalue weighted by atomic mass is 19.4. The number of rotatable bonds is 12. The van der Waals surface area contributed by atoms with Gasteiger partial charge in [0.15, 0.2) is 0 Å². The SMILES string of the molecule is CCCCCCCCCCCc1ccc(-c2noc(C3CN(C(=NC(=O)OC(C)(C)C)NC(=O)O)C3)n2)cc1C(F)(F)F. The Morgan fingerprint density at radius 1 is 1.07 bits per heavy atom. The lowest BCUT2D eigenvalue weighted by Crippen LogP contribution is -2.54. The van der Waals surface area contributed by atoms with Crippen LogP contribution in [-0.2, 0) is 17.3 Å². The van der Waals surface area contributed by atoms with Crippen molar-refractivity contribution < 1.29 is 37.1 Å². The van der Waals surface area contributed by atoms with Crippen molar-refractivity contribution in [2.24, 2.45) is 4.99 Å². The number of hydrogen-bond acceptors (Lipinski definition) is 6. The number of likely N-dealkylation sites (tertiary alicyclic amines) is 1. The van der Waals surface area contributed by atoms with Crippen molar-refractivity contribution in [1.82, 2.24) is 20.4 Å². The van der Waals surface area contributed by atoms with E-state index in [0.29, 0.717) is 12.8 Å². The summed E-state index contributed by atoms with van der Waals surface area (Å²) in [5, 5.41) is 15.1. The predicted octanol–water partition coefficient (Wildman–Crippen LogP) is 7.79. The summed E-state index contributed by atoms with van der Waals surface area (Å²) < 4.78 is 52.3. The normalized spacial score (nSPS) is 14.5. The molecule has 0 spiro atoms. The van der Waals surface area contributed by atoms with E-state index in [-0.39, 0.29) is 47.8 Å². The number of carbonyl (C=O) groups is 2. The molecular weight excluding hydrogens is 567 g/mol. The van der Waals surface area contributed by atoms with Crippen molar-refractivity contribution in [2.45, 2.75) is 110 Å². The van der Waals surface area contributed by atoms with E-state index in [1.165, 1.54) is 43.1 Å². The van der Waals surface area contributed by atoms with Crippen molar-refractivity contribution in [3.8, 4) is 11.4 Å². The Kier molecular flexibility index (Phi) is 12.0. The van der Waals surface area contributed by atoms with E-state index in [1.807, 2.05) is 0 Å². The average Bonchev–Trinajstić information content (AvgIpc) is 3.34. The molecule has 0 bridgehead atoms. The standard InChI is InChI=1S/C30H42F3N5O5/c1-5-6-7-8-9-10-11-12-13-14-20-15-16-21(17-23(20)30(31,32)33)24-34-25(43-37-24)22-18-38(19-22)26(35-27(39)40)36-28(41)42-29(2,3)4/h15-17,22H,5-14,18-19H2,1-4H3,(H,39,40)(H,35,36,41). The largest absolute Gasteiger partial charge is 0.465 e. The van der Waals surface area contributed by atoms with Crippen LogP contribution in [0.25, 0.3) is 11.4 Å². The maximum atomic E-state index is 13.9. The number of ether oxygens (including phenoxy) is 1. The first-order chi connectivity index (χ1) is 20.3. The van der Waals surface area contributed by atoms with Crippen LogP contribution in [0.15, 0.2) is 27.7 Å². The molecule has 1 fully saturated rings. The van der Waals surface area contributed by atoms with E-state index >= 15 is 0 Å². The quantitative estimate of drug-likeness (QED) is 0.142. The molecule has 2 aromatic rings. The first kappa shape index (κ1) is 33.9. The number of guanidine groups is 1. The second kappa shape index (κ2) is 15.2. The van der Waals surface area contributed by atoms with Crippen molar-refractivity contribution in [3.63, 3.8) is 0 Å². The summed E-state index contributed by atoms with van der Waals surface area (Å²) in [6.45, 7) is 7.52. The highest BCUT2D eigenvalue weighted by molar-refractivity contribution is 5.98. The molecule has 1 saturated heterocycles. The number of hydrogen-bond donors (Lipinski definition) is 2. The Morgan fingerprint density at radius 3 is 2.28 bits per heavy atom. The highest BCUT2D eigenvalue weighted by Gasteiger charge is 2.37. The minimum absolute atomic E-state index is 0.0277. The van der Waals surface area contributed by atoms with Crippen molar-refractivity contribution in [3.05, 3.63) is 35.2 Å². The van der Waals surface area contributed by atoms with Gasteiger partial charge in [-0.2, -0.15) is 18.2 Å². The summed E-state index contributed by atoms with van der Waals surface area (Å²) in [5.41, 5.74) is -1.08. The van der Waals surface area contributed by atoms with Crippen LogP contribution in [0.4, 0.5) is 22.8 Å². The Hall–Kier alpha value is -3.64. The Balaban J connectivity index is 1.61. The van der Waals surface area contributed by atoms with Gasteiger partial charge in [0.05, 0.1) is 11.5 Å². The monoisotopic (exact) mass is 609 g/mol. The molecule has 2 heterocycles. The Labute approximate surface area is 250 Å². The second-order valence-electron chi connectivity index (χ2n) is 11.9. The topological polar surface area (TPSA) is 130 Å². The van der Waals surface area contributed by atoms with E-state index in [4.69, 9.17) is 14.4 Å². The molecule has 0 radical (unpaired) electrons. The molecular formula is C30H42F3N5O5. The van der Waals surface area contributed by atoms with E-state index in [1.54, 1.807) is 26.8 Å². The van der Waals surface area contributed by atoms with Gasteiger partial charge in [-0.25, -0.2) is 9.59 Å². The molecule has 1 aliphatic heterocycles. The lowest BCUT2D eigenvalue weighted by Gasteiger charge is -2.38. The van der Waals surface area contributed by atoms with E-state index < -0.39 is 29.5 Å². The number of aryl methyl sites for hydroxylation is 1. The van der Waals surface area contributed by atoms with E-state index in [2.05, 4.69) is 27.4 Å². The van der Waals surface area contributed by atoms with Gasteiger partial charge in [0.1, 0.15) is 5.60 Å². The fraction of sp³-hybridized carbons (Fsp3) is 0.633. The first-order valence-electron chi connectivity index (χ1n) is 14.9. The number of carboxylic acid groups (broad SMARTS) is 1. The van der Waals surface area contributed by atoms with Gasteiger partial charge >= 0.3 is 18.4 Å². The van der Waals surface area contributed by atoms with Crippen LogP contribution in [0.1, 0.15) is 108 Å². The van der Waals surface area contributed by atoms with Gasteiger partial charge in [0.2, 0.25) is 17.7 Å². The van der Waals surface area contributed by atoms with Crippen LogP contribution < -0.4 is 5.32 Å². The van der Waals surface area contributed by atoms with Crippen molar-refractivity contribution in [1.29, 1.82) is 0 Å². The first-order valence-corrected chi connectivity index (χ1v) is 14.9. The van der Waals surface area contributed by atoms with Gasteiger partial charge < -0.3 is 19.3 Å². The second-order valence-corrected chi connectivity index (χ2v) is 11.9. The van der Waals surface area contributed by atoms with Crippen LogP contribution in [0, 0.1) is 0 Å². The zero-order valence-electron chi connectivity index (χ0n) is 25.3. The fourth-order valence-electron chi connectivity index (χ4n) is 4.79. The molecule has 0 aliphatic carbocycles. The predicted molar refractivity (Wildman–Crippen MR) is 155 cm³/mol. The number of carbonyl (C=O) groups excluding carboxylic acids is 1. The van der Waals surface area contributed by atoms with Gasteiger partial charge in [-0.3, -0.25) is 5.32 Å². The number of aliphatic imine (C=N–C) groups is 1. The third kappa shape index (κ3) is 10.9. The number of amides is 2. The van der Waals surface area contributed by atoms with Gasteiger partial charge in [-0.15, -0.1) is 4.99 Å². The molecule has 0 atom stereocenters. The molecule has 1 aromatic heterocycles. The third-order valence-corrected chi connectivity index (χ3v) is 7.00. The van der Waals surface area contributed by atoms with Gasteiger partial charge in [-0.05, 0) is 45.2 Å². The van der Waals surface area contributed by atoms with Crippen molar-refractivity contribution >= 4 is 18.1 Å². The van der Waals surface area contributed by atoms with Gasteiger partial charge in [0.25, 0.3) is 0 Å². The van der Waals surface area contributed by atoms with E-state index in [9.17, 15) is 22.8 Å². The molecule has 238 valence electrons. The minimum atomic E-state index is -4.52. The molecule has 10 nitrogen and oxygen atoms in total. The van der Waals surface area contributed by atoms with Crippen molar-refractivity contribution in [2.75, 3.05) is 13.1 Å². The number of alkyl halides is 3. The van der Waals surface area contributed by atoms with Crippen LogP contribution in [0.5, 0.6) is 0 Å². The number of nitrogens with zero attached hydrogens (tertiary/aromatic N) is 4. The number of nitrogens with one attached hydrogen (secondary N) is 1. The fourth-order valence-corrected chi connectivity index (χ4v) is 4.79. The van der Waals surface area contributed by atoms with Crippen LogP contribution in [0.2, 0.25) is 0 Å². The third-order valence-electron chi connectivity index (χ3n) is 7.00. The van der Waals surface area contributed by atoms with Crippen LogP contribution in [0.3, 0.4) is 0 Å². The lowest BCUT2D eigenvalue weighted by atomic mass is 9.97. The summed E-state index contributed by atoms with van der Waals surface area (Å²) in [6.07, 6.45) is 3.27. The zero-order valence-corrected chi connectivity index (χ0v) is 25.3. The number of aromatic nitrogens is 2. The van der Waals surface area contributed by atoms with Gasteiger partial charge in [0, 0.05) is 18.7 Å². The molecule has 1 aromatic carbocycles. The Bertz CT molecular complexity index is 1250. The summed E-state index contributed by atoms with van der Waals surface area (Å²) in [5.74, 6) is -0.339. The molecule has 2 amide bonds. The zero-order chi connectivity index (χ0) is 31.6. The smallest absolute Gasteiger partial charge is 0.437 e. The molecule has 13 heteroatoms.